The maximum absolute atomic E-state index is 12.3. The van der Waals surface area contributed by atoms with E-state index in [1.165, 1.54) is 6.08 Å². The van der Waals surface area contributed by atoms with Gasteiger partial charge in [-0.1, -0.05) is 28.1 Å². The molecule has 0 aliphatic carbocycles. The van der Waals surface area contributed by atoms with Crippen molar-refractivity contribution >= 4 is 39.5 Å². The highest BCUT2D eigenvalue weighted by atomic mass is 79.9. The molecule has 1 heterocycles. The summed E-state index contributed by atoms with van der Waals surface area (Å²) >= 11 is 3.42. The van der Waals surface area contributed by atoms with Gasteiger partial charge in [-0.25, -0.2) is 0 Å². The lowest BCUT2D eigenvalue weighted by Gasteiger charge is -2.20. The van der Waals surface area contributed by atoms with Crippen LogP contribution in [0, 0.1) is 0 Å². The quantitative estimate of drug-likeness (QED) is 0.699. The molecule has 0 fully saturated rings. The van der Waals surface area contributed by atoms with Gasteiger partial charge in [0.1, 0.15) is 5.75 Å². The van der Waals surface area contributed by atoms with Gasteiger partial charge in [-0.05, 0) is 54.8 Å². The highest BCUT2D eigenvalue weighted by Gasteiger charge is 2.16. The lowest BCUT2D eigenvalue weighted by atomic mass is 9.98. The Balaban J connectivity index is 1.67. The van der Waals surface area contributed by atoms with Crippen molar-refractivity contribution in [3.8, 4) is 5.75 Å². The maximum atomic E-state index is 12.3. The first-order valence-electron chi connectivity index (χ1n) is 8.71. The van der Waals surface area contributed by atoms with Crippen LogP contribution in [0.15, 0.2) is 46.9 Å². The molecule has 0 aromatic heterocycles. The Morgan fingerprint density at radius 2 is 2.07 bits per heavy atom. The number of hydrogen-bond acceptors (Lipinski definition) is 3. The minimum absolute atomic E-state index is 0.0460. The van der Waals surface area contributed by atoms with E-state index in [2.05, 4.69) is 26.6 Å². The lowest BCUT2D eigenvalue weighted by Crippen LogP contribution is -2.25. The van der Waals surface area contributed by atoms with Gasteiger partial charge in [0.05, 0.1) is 13.2 Å². The molecule has 3 rings (SSSR count). The average molecular weight is 429 g/mol. The molecule has 5 nitrogen and oxygen atoms in total. The number of amides is 2. The Morgan fingerprint density at radius 3 is 2.85 bits per heavy atom. The first kappa shape index (κ1) is 19.2. The number of ether oxygens (including phenoxy) is 1. The van der Waals surface area contributed by atoms with E-state index in [-0.39, 0.29) is 17.9 Å². The van der Waals surface area contributed by atoms with E-state index < -0.39 is 0 Å². The van der Waals surface area contributed by atoms with Gasteiger partial charge < -0.3 is 15.4 Å². The van der Waals surface area contributed by atoms with Crippen molar-refractivity contribution in [3.63, 3.8) is 0 Å². The number of rotatable bonds is 5. The van der Waals surface area contributed by atoms with Gasteiger partial charge in [0.2, 0.25) is 11.8 Å². The molecule has 2 amide bonds. The fourth-order valence-corrected chi connectivity index (χ4v) is 3.40. The number of benzene rings is 2. The average Bonchev–Trinajstić information content (AvgIpc) is 2.66. The SMILES string of the molecule is COc1ccc(Br)cc1/C=C/C(=O)NC(C)c1ccc2c(c1)CCC(=O)N2. The van der Waals surface area contributed by atoms with E-state index >= 15 is 0 Å². The van der Waals surface area contributed by atoms with Crippen molar-refractivity contribution in [2.75, 3.05) is 12.4 Å². The number of fused-ring (bicyclic) bond motifs is 1. The third kappa shape index (κ3) is 4.77. The van der Waals surface area contributed by atoms with E-state index in [1.54, 1.807) is 13.2 Å². The minimum Gasteiger partial charge on any atom is -0.496 e. The molecule has 0 spiro atoms. The second kappa shape index (κ2) is 8.39. The van der Waals surface area contributed by atoms with Crippen LogP contribution in [0.3, 0.4) is 0 Å². The number of carbonyl (C=O) groups is 2. The summed E-state index contributed by atoms with van der Waals surface area (Å²) in [5.74, 6) is 0.562. The van der Waals surface area contributed by atoms with Gasteiger partial charge >= 0.3 is 0 Å². The van der Waals surface area contributed by atoms with Crippen LogP contribution >= 0.6 is 15.9 Å². The number of hydrogen-bond donors (Lipinski definition) is 2. The summed E-state index contributed by atoms with van der Waals surface area (Å²) in [5.41, 5.74) is 3.78. The molecule has 0 bridgehead atoms. The molecule has 1 aliphatic heterocycles. The van der Waals surface area contributed by atoms with Gasteiger partial charge in [0, 0.05) is 28.2 Å². The molecule has 2 N–H and O–H groups in total. The Kier molecular flexibility index (Phi) is 5.96. The summed E-state index contributed by atoms with van der Waals surface area (Å²) in [4.78, 5) is 23.8. The van der Waals surface area contributed by atoms with Crippen molar-refractivity contribution in [3.05, 3.63) is 63.6 Å². The zero-order chi connectivity index (χ0) is 19.4. The van der Waals surface area contributed by atoms with Crippen molar-refractivity contribution in [2.24, 2.45) is 0 Å². The standard InChI is InChI=1S/C21H21BrN2O3/c1-13(14-3-7-18-15(11-14)4-9-21(26)24-18)23-20(25)10-5-16-12-17(22)6-8-19(16)27-2/h3,5-8,10-13H,4,9H2,1-2H3,(H,23,25)(H,24,26)/b10-5+. The van der Waals surface area contributed by atoms with Crippen LogP contribution < -0.4 is 15.4 Å². The van der Waals surface area contributed by atoms with Crippen LogP contribution in [0.25, 0.3) is 6.08 Å². The first-order chi connectivity index (χ1) is 13.0. The molecule has 0 saturated carbocycles. The van der Waals surface area contributed by atoms with Crippen molar-refractivity contribution < 1.29 is 14.3 Å². The smallest absolute Gasteiger partial charge is 0.244 e. The highest BCUT2D eigenvalue weighted by Crippen LogP contribution is 2.26. The predicted octanol–water partition coefficient (Wildman–Crippen LogP) is 4.23. The molecule has 0 saturated heterocycles. The molecule has 0 radical (unpaired) electrons. The lowest BCUT2D eigenvalue weighted by molar-refractivity contribution is -0.117. The molecule has 2 aromatic rings. The summed E-state index contributed by atoms with van der Waals surface area (Å²) in [5, 5.41) is 5.84. The highest BCUT2D eigenvalue weighted by molar-refractivity contribution is 9.10. The van der Waals surface area contributed by atoms with Crippen molar-refractivity contribution in [2.45, 2.75) is 25.8 Å². The molecule has 1 aliphatic rings. The fourth-order valence-electron chi connectivity index (χ4n) is 3.02. The van der Waals surface area contributed by atoms with Crippen LogP contribution in [0.1, 0.15) is 36.1 Å². The Morgan fingerprint density at radius 1 is 1.26 bits per heavy atom. The Labute approximate surface area is 166 Å². The number of halogens is 1. The fraction of sp³-hybridized carbons (Fsp3) is 0.238. The minimum atomic E-state index is -0.185. The van der Waals surface area contributed by atoms with Gasteiger partial charge in [-0.2, -0.15) is 0 Å². The third-order valence-corrected chi connectivity index (χ3v) is 4.98. The third-order valence-electron chi connectivity index (χ3n) is 4.49. The van der Waals surface area contributed by atoms with Crippen LogP contribution in [0.5, 0.6) is 5.75 Å². The van der Waals surface area contributed by atoms with E-state index in [4.69, 9.17) is 4.74 Å². The van der Waals surface area contributed by atoms with E-state index in [0.29, 0.717) is 12.2 Å². The molecular formula is C21H21BrN2O3. The summed E-state index contributed by atoms with van der Waals surface area (Å²) in [6.07, 6.45) is 4.44. The normalized spacial score (nSPS) is 14.4. The van der Waals surface area contributed by atoms with Gasteiger partial charge in [-0.15, -0.1) is 0 Å². The van der Waals surface area contributed by atoms with E-state index in [9.17, 15) is 9.59 Å². The van der Waals surface area contributed by atoms with Gasteiger partial charge in [-0.3, -0.25) is 9.59 Å². The molecule has 1 unspecified atom stereocenters. The largest absolute Gasteiger partial charge is 0.496 e. The summed E-state index contributed by atoms with van der Waals surface area (Å²) in [6, 6.07) is 11.3. The maximum Gasteiger partial charge on any atom is 0.244 e. The van der Waals surface area contributed by atoms with Gasteiger partial charge in [0.15, 0.2) is 0 Å². The topological polar surface area (TPSA) is 67.4 Å². The monoisotopic (exact) mass is 428 g/mol. The molecule has 1 atom stereocenters. The van der Waals surface area contributed by atoms with E-state index in [1.807, 2.05) is 43.3 Å². The van der Waals surface area contributed by atoms with Crippen LogP contribution in [0.4, 0.5) is 5.69 Å². The van der Waals surface area contributed by atoms with Crippen molar-refractivity contribution in [1.82, 2.24) is 5.32 Å². The molecule has 27 heavy (non-hydrogen) atoms. The van der Waals surface area contributed by atoms with Crippen LogP contribution in [-0.4, -0.2) is 18.9 Å². The zero-order valence-corrected chi connectivity index (χ0v) is 16.8. The van der Waals surface area contributed by atoms with E-state index in [0.717, 1.165) is 33.3 Å². The second-order valence-corrected chi connectivity index (χ2v) is 7.33. The number of anilines is 1. The summed E-state index contributed by atoms with van der Waals surface area (Å²) in [6.45, 7) is 1.94. The van der Waals surface area contributed by atoms with Gasteiger partial charge in [0.25, 0.3) is 0 Å². The molecule has 140 valence electrons. The number of carbonyl (C=O) groups excluding carboxylic acids is 2. The molecular weight excluding hydrogens is 408 g/mol. The van der Waals surface area contributed by atoms with Crippen molar-refractivity contribution in [1.29, 1.82) is 0 Å². The number of methoxy groups -OCH3 is 1. The predicted molar refractivity (Wildman–Crippen MR) is 110 cm³/mol. The molecule has 2 aromatic carbocycles. The first-order valence-corrected chi connectivity index (χ1v) is 9.50. The summed E-state index contributed by atoms with van der Waals surface area (Å²) < 4.78 is 6.22. The zero-order valence-electron chi connectivity index (χ0n) is 15.2. The van der Waals surface area contributed by atoms with Crippen LogP contribution in [-0.2, 0) is 16.0 Å². The summed E-state index contributed by atoms with van der Waals surface area (Å²) in [7, 11) is 1.60. The van der Waals surface area contributed by atoms with Crippen LogP contribution in [0.2, 0.25) is 0 Å². The Bertz CT molecular complexity index is 908. The second-order valence-electron chi connectivity index (χ2n) is 6.41. The number of nitrogens with one attached hydrogen (secondary N) is 2. The Hall–Kier alpha value is -2.60. The molecule has 6 heteroatoms. The number of aryl methyl sites for hydroxylation is 1.